The minimum absolute atomic E-state index is 0.492. The lowest BCUT2D eigenvalue weighted by molar-refractivity contribution is 0.796. The lowest BCUT2D eigenvalue weighted by Gasteiger charge is -2.08. The minimum Gasteiger partial charge on any atom is -0.237 e. The smallest absolute Gasteiger partial charge is 0.156 e. The van der Waals surface area contributed by atoms with Crippen LogP contribution < -0.4 is 0 Å². The molecular formula is C14H18ClN3. The van der Waals surface area contributed by atoms with Crippen molar-refractivity contribution in [3.63, 3.8) is 0 Å². The van der Waals surface area contributed by atoms with Crippen molar-refractivity contribution in [2.45, 2.75) is 40.0 Å². The Balaban J connectivity index is 2.55. The average molecular weight is 264 g/mol. The van der Waals surface area contributed by atoms with Crippen LogP contribution in [0.1, 0.15) is 35.0 Å². The minimum atomic E-state index is 0.492. The standard InChI is InChI=1S/C14H18ClN3/c1-5-13-10(3)17-18(11(13)4)14-9(2)6-12(7-15)8-16-14/h6,8H,5,7H2,1-4H3. The van der Waals surface area contributed by atoms with Crippen molar-refractivity contribution in [3.8, 4) is 5.82 Å². The van der Waals surface area contributed by atoms with Gasteiger partial charge in [0.1, 0.15) is 0 Å². The molecule has 0 unspecified atom stereocenters. The highest BCUT2D eigenvalue weighted by Crippen LogP contribution is 2.20. The van der Waals surface area contributed by atoms with Gasteiger partial charge < -0.3 is 0 Å². The molecule has 0 saturated heterocycles. The number of aryl methyl sites for hydroxylation is 2. The van der Waals surface area contributed by atoms with Crippen molar-refractivity contribution in [2.75, 3.05) is 0 Å². The molecule has 0 bridgehead atoms. The fourth-order valence-electron chi connectivity index (χ4n) is 2.31. The molecule has 2 aromatic rings. The molecule has 4 heteroatoms. The Kier molecular flexibility index (Phi) is 3.71. The van der Waals surface area contributed by atoms with E-state index in [0.29, 0.717) is 5.88 Å². The normalized spacial score (nSPS) is 10.9. The van der Waals surface area contributed by atoms with Crippen molar-refractivity contribution in [2.24, 2.45) is 0 Å². The molecule has 0 aliphatic carbocycles. The van der Waals surface area contributed by atoms with Crippen LogP contribution in [-0.2, 0) is 12.3 Å². The van der Waals surface area contributed by atoms with Gasteiger partial charge in [0, 0.05) is 17.8 Å². The molecule has 0 aliphatic rings. The van der Waals surface area contributed by atoms with Gasteiger partial charge in [-0.1, -0.05) is 6.92 Å². The van der Waals surface area contributed by atoms with Gasteiger partial charge >= 0.3 is 0 Å². The van der Waals surface area contributed by atoms with Crippen molar-refractivity contribution in [3.05, 3.63) is 40.3 Å². The van der Waals surface area contributed by atoms with E-state index in [1.54, 1.807) is 0 Å². The highest BCUT2D eigenvalue weighted by molar-refractivity contribution is 6.17. The maximum absolute atomic E-state index is 5.82. The lowest BCUT2D eigenvalue weighted by Crippen LogP contribution is -2.05. The Morgan fingerprint density at radius 2 is 2.00 bits per heavy atom. The first-order valence-electron chi connectivity index (χ1n) is 6.15. The Morgan fingerprint density at radius 1 is 1.28 bits per heavy atom. The van der Waals surface area contributed by atoms with Crippen LogP contribution in [0.25, 0.3) is 5.82 Å². The van der Waals surface area contributed by atoms with Gasteiger partial charge in [-0.3, -0.25) is 0 Å². The third-order valence-corrected chi connectivity index (χ3v) is 3.57. The Labute approximate surface area is 113 Å². The van der Waals surface area contributed by atoms with Crippen LogP contribution in [0, 0.1) is 20.8 Å². The van der Waals surface area contributed by atoms with Gasteiger partial charge in [0.25, 0.3) is 0 Å². The molecule has 2 rings (SSSR count). The first-order valence-corrected chi connectivity index (χ1v) is 6.68. The highest BCUT2D eigenvalue weighted by atomic mass is 35.5. The van der Waals surface area contributed by atoms with Gasteiger partial charge in [-0.15, -0.1) is 11.6 Å². The van der Waals surface area contributed by atoms with E-state index >= 15 is 0 Å². The number of alkyl halides is 1. The molecule has 0 amide bonds. The highest BCUT2D eigenvalue weighted by Gasteiger charge is 2.13. The van der Waals surface area contributed by atoms with Gasteiger partial charge in [-0.05, 0) is 49.9 Å². The van der Waals surface area contributed by atoms with Gasteiger partial charge in [-0.2, -0.15) is 5.10 Å². The topological polar surface area (TPSA) is 30.7 Å². The Morgan fingerprint density at radius 3 is 2.50 bits per heavy atom. The van der Waals surface area contributed by atoms with E-state index in [1.165, 1.54) is 11.3 Å². The number of halogens is 1. The van der Waals surface area contributed by atoms with E-state index in [0.717, 1.165) is 29.1 Å². The molecule has 0 fully saturated rings. The molecule has 0 N–H and O–H groups in total. The molecule has 0 saturated carbocycles. The number of rotatable bonds is 3. The fourth-order valence-corrected chi connectivity index (χ4v) is 2.46. The van der Waals surface area contributed by atoms with E-state index in [9.17, 15) is 0 Å². The number of aromatic nitrogens is 3. The van der Waals surface area contributed by atoms with Gasteiger partial charge in [-0.25, -0.2) is 9.67 Å². The van der Waals surface area contributed by atoms with Crippen LogP contribution >= 0.6 is 11.6 Å². The summed E-state index contributed by atoms with van der Waals surface area (Å²) in [6, 6.07) is 2.07. The first-order chi connectivity index (χ1) is 8.58. The van der Waals surface area contributed by atoms with Crippen LogP contribution in [0.15, 0.2) is 12.3 Å². The van der Waals surface area contributed by atoms with E-state index in [1.807, 2.05) is 24.7 Å². The quantitative estimate of drug-likeness (QED) is 0.794. The second-order valence-electron chi connectivity index (χ2n) is 4.53. The second-order valence-corrected chi connectivity index (χ2v) is 4.80. The number of hydrogen-bond donors (Lipinski definition) is 0. The van der Waals surface area contributed by atoms with Crippen LogP contribution in [0.4, 0.5) is 0 Å². The Bertz CT molecular complexity index is 573. The zero-order valence-corrected chi connectivity index (χ0v) is 12.0. The molecular weight excluding hydrogens is 246 g/mol. The van der Waals surface area contributed by atoms with Crippen molar-refractivity contribution in [1.29, 1.82) is 0 Å². The van der Waals surface area contributed by atoms with E-state index in [2.05, 4.69) is 30.0 Å². The molecule has 0 aliphatic heterocycles. The third kappa shape index (κ3) is 2.15. The maximum atomic E-state index is 5.82. The zero-order valence-electron chi connectivity index (χ0n) is 11.3. The molecule has 96 valence electrons. The molecule has 2 aromatic heterocycles. The van der Waals surface area contributed by atoms with Crippen LogP contribution in [0.3, 0.4) is 0 Å². The summed E-state index contributed by atoms with van der Waals surface area (Å²) < 4.78 is 1.93. The summed E-state index contributed by atoms with van der Waals surface area (Å²) in [5.74, 6) is 1.38. The number of pyridine rings is 1. The summed E-state index contributed by atoms with van der Waals surface area (Å²) in [5, 5.41) is 4.59. The SMILES string of the molecule is CCc1c(C)nn(-c2ncc(CCl)cc2C)c1C. The zero-order chi connectivity index (χ0) is 13.3. The summed E-state index contributed by atoms with van der Waals surface area (Å²) in [5.41, 5.74) is 5.69. The van der Waals surface area contributed by atoms with Crippen LogP contribution in [-0.4, -0.2) is 14.8 Å². The van der Waals surface area contributed by atoms with Crippen molar-refractivity contribution < 1.29 is 0 Å². The Hall–Kier alpha value is -1.35. The van der Waals surface area contributed by atoms with E-state index < -0.39 is 0 Å². The average Bonchev–Trinajstić information content (AvgIpc) is 2.64. The molecule has 3 nitrogen and oxygen atoms in total. The number of nitrogens with zero attached hydrogens (tertiary/aromatic N) is 3. The number of hydrogen-bond acceptors (Lipinski definition) is 2. The largest absolute Gasteiger partial charge is 0.237 e. The summed E-state index contributed by atoms with van der Waals surface area (Å²) in [7, 11) is 0. The predicted octanol–water partition coefficient (Wildman–Crippen LogP) is 3.49. The van der Waals surface area contributed by atoms with E-state index in [4.69, 9.17) is 11.6 Å². The van der Waals surface area contributed by atoms with Crippen LogP contribution in [0.5, 0.6) is 0 Å². The maximum Gasteiger partial charge on any atom is 0.156 e. The first kappa shape index (κ1) is 13.1. The summed E-state index contributed by atoms with van der Waals surface area (Å²) >= 11 is 5.82. The monoisotopic (exact) mass is 263 g/mol. The third-order valence-electron chi connectivity index (χ3n) is 3.26. The molecule has 0 atom stereocenters. The van der Waals surface area contributed by atoms with Crippen molar-refractivity contribution >= 4 is 11.6 Å². The van der Waals surface area contributed by atoms with Crippen molar-refractivity contribution in [1.82, 2.24) is 14.8 Å². The predicted molar refractivity (Wildman–Crippen MR) is 74.5 cm³/mol. The van der Waals surface area contributed by atoms with Gasteiger partial charge in [0.05, 0.1) is 5.69 Å². The summed E-state index contributed by atoms with van der Waals surface area (Å²) in [4.78, 5) is 4.48. The summed E-state index contributed by atoms with van der Waals surface area (Å²) in [6.45, 7) is 8.33. The van der Waals surface area contributed by atoms with Gasteiger partial charge in [0.2, 0.25) is 0 Å². The lowest BCUT2D eigenvalue weighted by atomic mass is 10.1. The molecule has 2 heterocycles. The molecule has 0 spiro atoms. The van der Waals surface area contributed by atoms with Gasteiger partial charge in [0.15, 0.2) is 5.82 Å². The fraction of sp³-hybridized carbons (Fsp3) is 0.429. The second kappa shape index (κ2) is 5.11. The van der Waals surface area contributed by atoms with Crippen LogP contribution in [0.2, 0.25) is 0 Å². The molecule has 0 aromatic carbocycles. The molecule has 0 radical (unpaired) electrons. The van der Waals surface area contributed by atoms with E-state index in [-0.39, 0.29) is 0 Å². The molecule has 18 heavy (non-hydrogen) atoms. The summed E-state index contributed by atoms with van der Waals surface area (Å²) in [6.07, 6.45) is 2.81.